The van der Waals surface area contributed by atoms with Gasteiger partial charge in [-0.1, -0.05) is 23.7 Å². The molecule has 0 aliphatic carbocycles. The van der Waals surface area contributed by atoms with E-state index < -0.39 is 0 Å². The lowest BCUT2D eigenvalue weighted by Crippen LogP contribution is -2.01. The maximum atomic E-state index is 14.7. The van der Waals surface area contributed by atoms with Crippen LogP contribution in [0.2, 0.25) is 5.02 Å². The van der Waals surface area contributed by atoms with E-state index in [0.29, 0.717) is 33.5 Å². The maximum absolute atomic E-state index is 14.7. The predicted octanol–water partition coefficient (Wildman–Crippen LogP) is 5.55. The molecule has 0 atom stereocenters. The number of nitrogens with zero attached hydrogens (tertiary/aromatic N) is 2. The van der Waals surface area contributed by atoms with Gasteiger partial charge in [0.1, 0.15) is 5.82 Å². The molecule has 0 aliphatic heterocycles. The van der Waals surface area contributed by atoms with E-state index in [-0.39, 0.29) is 5.82 Å². The average molecular weight is 368 g/mol. The minimum absolute atomic E-state index is 0.328. The Hall–Kier alpha value is -3.12. The van der Waals surface area contributed by atoms with Crippen LogP contribution in [0, 0.1) is 12.7 Å². The van der Waals surface area contributed by atoms with Crippen molar-refractivity contribution in [1.29, 1.82) is 0 Å². The minimum atomic E-state index is -0.328. The molecule has 0 aliphatic rings. The van der Waals surface area contributed by atoms with E-state index in [1.54, 1.807) is 30.5 Å². The first-order chi connectivity index (χ1) is 12.6. The Morgan fingerprint density at radius 3 is 2.73 bits per heavy atom. The molecule has 26 heavy (non-hydrogen) atoms. The summed E-state index contributed by atoms with van der Waals surface area (Å²) < 4.78 is 14.7. The molecule has 0 saturated carbocycles. The number of aryl methyl sites for hydroxylation is 1. The molecule has 2 heterocycles. The van der Waals surface area contributed by atoms with Gasteiger partial charge in [0.2, 0.25) is 5.95 Å². The van der Waals surface area contributed by atoms with E-state index in [4.69, 9.17) is 11.6 Å². The molecule has 3 N–H and O–H groups in total. The van der Waals surface area contributed by atoms with Crippen molar-refractivity contribution < 1.29 is 4.39 Å². The van der Waals surface area contributed by atoms with Crippen LogP contribution < -0.4 is 10.6 Å². The van der Waals surface area contributed by atoms with E-state index in [1.165, 1.54) is 0 Å². The van der Waals surface area contributed by atoms with Gasteiger partial charge in [-0.05, 0) is 43.3 Å². The third kappa shape index (κ3) is 3.19. The number of H-pyrrole nitrogens is 1. The van der Waals surface area contributed by atoms with Crippen molar-refractivity contribution >= 4 is 45.6 Å². The summed E-state index contributed by atoms with van der Waals surface area (Å²) in [5.41, 5.74) is 2.71. The van der Waals surface area contributed by atoms with Gasteiger partial charge in [-0.2, -0.15) is 4.98 Å². The van der Waals surface area contributed by atoms with Gasteiger partial charge in [0, 0.05) is 22.8 Å². The summed E-state index contributed by atoms with van der Waals surface area (Å²) in [5.74, 6) is 0.508. The van der Waals surface area contributed by atoms with Crippen LogP contribution in [-0.4, -0.2) is 15.0 Å². The van der Waals surface area contributed by atoms with E-state index in [1.807, 2.05) is 31.2 Å². The molecule has 0 saturated heterocycles. The van der Waals surface area contributed by atoms with Gasteiger partial charge in [0.25, 0.3) is 0 Å². The molecular formula is C19H15ClFN5. The number of benzene rings is 2. The highest BCUT2D eigenvalue weighted by molar-refractivity contribution is 6.33. The summed E-state index contributed by atoms with van der Waals surface area (Å²) >= 11 is 6.14. The van der Waals surface area contributed by atoms with Crippen LogP contribution in [0.3, 0.4) is 0 Å². The lowest BCUT2D eigenvalue weighted by molar-refractivity contribution is 0.644. The zero-order valence-electron chi connectivity index (χ0n) is 13.8. The van der Waals surface area contributed by atoms with E-state index >= 15 is 0 Å². The lowest BCUT2D eigenvalue weighted by Gasteiger charge is -2.10. The van der Waals surface area contributed by atoms with Crippen molar-refractivity contribution in [3.63, 3.8) is 0 Å². The fourth-order valence-electron chi connectivity index (χ4n) is 2.71. The number of hydrogen-bond acceptors (Lipinski definition) is 4. The molecule has 2 aromatic carbocycles. The average Bonchev–Trinajstić information content (AvgIpc) is 3.01. The van der Waals surface area contributed by atoms with Gasteiger partial charge >= 0.3 is 0 Å². The van der Waals surface area contributed by atoms with E-state index in [0.717, 1.165) is 11.2 Å². The summed E-state index contributed by atoms with van der Waals surface area (Å²) in [5, 5.41) is 7.16. The van der Waals surface area contributed by atoms with Crippen molar-refractivity contribution in [1.82, 2.24) is 15.0 Å². The van der Waals surface area contributed by atoms with Crippen LogP contribution in [-0.2, 0) is 0 Å². The second kappa shape index (κ2) is 6.65. The molecule has 4 aromatic rings. The molecule has 7 heteroatoms. The maximum Gasteiger partial charge on any atom is 0.229 e. The Morgan fingerprint density at radius 2 is 1.88 bits per heavy atom. The van der Waals surface area contributed by atoms with Crippen LogP contribution in [0.25, 0.3) is 10.9 Å². The predicted molar refractivity (Wildman–Crippen MR) is 103 cm³/mol. The van der Waals surface area contributed by atoms with E-state index in [9.17, 15) is 4.39 Å². The largest absolute Gasteiger partial charge is 0.359 e. The Balaban J connectivity index is 1.61. The van der Waals surface area contributed by atoms with E-state index in [2.05, 4.69) is 25.6 Å². The fraction of sp³-hybridized carbons (Fsp3) is 0.0526. The Labute approximate surface area is 154 Å². The number of anilines is 4. The summed E-state index contributed by atoms with van der Waals surface area (Å²) in [4.78, 5) is 11.7. The van der Waals surface area contributed by atoms with Crippen molar-refractivity contribution in [3.8, 4) is 0 Å². The second-order valence-electron chi connectivity index (χ2n) is 5.84. The first-order valence-corrected chi connectivity index (χ1v) is 8.37. The standard InChI is InChI=1S/C19H15ClFN5/c1-11-10-12-14(23-11)6-7-16(18(12)21)24-17-8-9-22-19(26-17)25-15-5-3-2-4-13(15)20/h2-10,23H,1H3,(H2,22,24,25,26). The SMILES string of the molecule is Cc1cc2c(F)c(Nc3ccnc(Nc4ccccc4Cl)n3)ccc2[nH]1. The van der Waals surface area contributed by atoms with Crippen molar-refractivity contribution in [2.24, 2.45) is 0 Å². The number of halogens is 2. The molecule has 0 fully saturated rings. The molecule has 0 amide bonds. The molecule has 0 unspecified atom stereocenters. The zero-order chi connectivity index (χ0) is 18.1. The first kappa shape index (κ1) is 16.4. The highest BCUT2D eigenvalue weighted by atomic mass is 35.5. The molecule has 4 rings (SSSR count). The molecule has 130 valence electrons. The molecule has 0 bridgehead atoms. The molecule has 5 nitrogen and oxygen atoms in total. The van der Waals surface area contributed by atoms with Crippen molar-refractivity contribution in [2.45, 2.75) is 6.92 Å². The molecule has 0 spiro atoms. The molecular weight excluding hydrogens is 353 g/mol. The normalized spacial score (nSPS) is 10.9. The Morgan fingerprint density at radius 1 is 1.04 bits per heavy atom. The van der Waals surface area contributed by atoms with Crippen LogP contribution in [0.15, 0.2) is 54.7 Å². The van der Waals surface area contributed by atoms with Gasteiger partial charge in [-0.15, -0.1) is 0 Å². The first-order valence-electron chi connectivity index (χ1n) is 7.99. The molecule has 0 radical (unpaired) electrons. The van der Waals surface area contributed by atoms with Gasteiger partial charge in [-0.25, -0.2) is 9.37 Å². The quantitative estimate of drug-likeness (QED) is 0.442. The fourth-order valence-corrected chi connectivity index (χ4v) is 2.90. The number of hydrogen-bond donors (Lipinski definition) is 3. The Bertz CT molecular complexity index is 1090. The number of rotatable bonds is 4. The van der Waals surface area contributed by atoms with Gasteiger partial charge in [0.15, 0.2) is 5.82 Å². The third-order valence-electron chi connectivity index (χ3n) is 3.91. The summed E-state index contributed by atoms with van der Waals surface area (Å²) in [6.07, 6.45) is 1.59. The van der Waals surface area contributed by atoms with Gasteiger partial charge in [-0.3, -0.25) is 0 Å². The van der Waals surface area contributed by atoms with Crippen LogP contribution in [0.4, 0.5) is 27.5 Å². The van der Waals surface area contributed by atoms with Gasteiger partial charge in [0.05, 0.1) is 16.4 Å². The Kier molecular flexibility index (Phi) is 4.18. The monoisotopic (exact) mass is 367 g/mol. The highest BCUT2D eigenvalue weighted by Crippen LogP contribution is 2.28. The highest BCUT2D eigenvalue weighted by Gasteiger charge is 2.11. The second-order valence-corrected chi connectivity index (χ2v) is 6.24. The topological polar surface area (TPSA) is 65.6 Å². The van der Waals surface area contributed by atoms with Crippen LogP contribution in [0.1, 0.15) is 5.69 Å². The van der Waals surface area contributed by atoms with Crippen molar-refractivity contribution in [3.05, 3.63) is 71.3 Å². The number of nitrogens with one attached hydrogen (secondary N) is 3. The number of aromatic nitrogens is 3. The summed E-state index contributed by atoms with van der Waals surface area (Å²) in [6, 6.07) is 14.3. The smallest absolute Gasteiger partial charge is 0.229 e. The van der Waals surface area contributed by atoms with Gasteiger partial charge < -0.3 is 15.6 Å². The van der Waals surface area contributed by atoms with Crippen LogP contribution in [0.5, 0.6) is 0 Å². The summed E-state index contributed by atoms with van der Waals surface area (Å²) in [7, 11) is 0. The zero-order valence-corrected chi connectivity index (χ0v) is 14.6. The van der Waals surface area contributed by atoms with Crippen molar-refractivity contribution in [2.75, 3.05) is 10.6 Å². The molecule has 2 aromatic heterocycles. The third-order valence-corrected chi connectivity index (χ3v) is 4.24. The van der Waals surface area contributed by atoms with Crippen LogP contribution >= 0.6 is 11.6 Å². The number of para-hydroxylation sites is 1. The minimum Gasteiger partial charge on any atom is -0.359 e. The summed E-state index contributed by atoms with van der Waals surface area (Å²) in [6.45, 7) is 1.89. The number of fused-ring (bicyclic) bond motifs is 1. The number of aromatic amines is 1. The lowest BCUT2D eigenvalue weighted by atomic mass is 10.2.